The van der Waals surface area contributed by atoms with Gasteiger partial charge in [0, 0.05) is 35.3 Å². The van der Waals surface area contributed by atoms with Crippen LogP contribution in [0.1, 0.15) is 16.8 Å². The molecule has 1 aliphatic heterocycles. The lowest BCUT2D eigenvalue weighted by atomic mass is 10.1. The van der Waals surface area contributed by atoms with Crippen LogP contribution in [0.15, 0.2) is 30.3 Å². The normalized spacial score (nSPS) is 16.1. The minimum atomic E-state index is 0.340. The SMILES string of the molecule is OC1=Cc2ncnc(N3CCc4ccc(Cl)cc43)c2C1. The highest BCUT2D eigenvalue weighted by Gasteiger charge is 2.27. The first-order valence-corrected chi connectivity index (χ1v) is 6.89. The lowest BCUT2D eigenvalue weighted by Crippen LogP contribution is -2.17. The van der Waals surface area contributed by atoms with Crippen LogP contribution < -0.4 is 4.90 Å². The average Bonchev–Trinajstić information content (AvgIpc) is 3.00. The predicted molar refractivity (Wildman–Crippen MR) is 78.5 cm³/mol. The van der Waals surface area contributed by atoms with E-state index < -0.39 is 0 Å². The van der Waals surface area contributed by atoms with Crippen LogP contribution in [0.4, 0.5) is 11.5 Å². The molecule has 0 saturated carbocycles. The number of fused-ring (bicyclic) bond motifs is 2. The minimum absolute atomic E-state index is 0.340. The third kappa shape index (κ3) is 1.68. The number of rotatable bonds is 1. The molecule has 0 spiro atoms. The van der Waals surface area contributed by atoms with E-state index >= 15 is 0 Å². The molecule has 0 amide bonds. The fourth-order valence-corrected chi connectivity index (χ4v) is 3.07. The Morgan fingerprint density at radius 1 is 1.25 bits per heavy atom. The van der Waals surface area contributed by atoms with E-state index in [1.807, 2.05) is 12.1 Å². The van der Waals surface area contributed by atoms with Crippen LogP contribution in [0.25, 0.3) is 6.08 Å². The Kier molecular flexibility index (Phi) is 2.47. The van der Waals surface area contributed by atoms with Crippen molar-refractivity contribution in [2.75, 3.05) is 11.4 Å². The first-order valence-electron chi connectivity index (χ1n) is 6.52. The van der Waals surface area contributed by atoms with Gasteiger partial charge in [-0.1, -0.05) is 17.7 Å². The zero-order valence-corrected chi connectivity index (χ0v) is 11.4. The Morgan fingerprint density at radius 2 is 2.15 bits per heavy atom. The molecule has 1 N–H and O–H groups in total. The molecule has 2 heterocycles. The van der Waals surface area contributed by atoms with Crippen molar-refractivity contribution in [2.24, 2.45) is 0 Å². The topological polar surface area (TPSA) is 49.3 Å². The Morgan fingerprint density at radius 3 is 3.05 bits per heavy atom. The second-order valence-electron chi connectivity index (χ2n) is 5.05. The highest BCUT2D eigenvalue weighted by Crippen LogP contribution is 2.39. The fourth-order valence-electron chi connectivity index (χ4n) is 2.91. The summed E-state index contributed by atoms with van der Waals surface area (Å²) < 4.78 is 0. The Hall–Kier alpha value is -2.07. The zero-order valence-electron chi connectivity index (χ0n) is 10.7. The van der Waals surface area contributed by atoms with Gasteiger partial charge in [-0.2, -0.15) is 0 Å². The molecule has 2 aliphatic rings. The van der Waals surface area contributed by atoms with Gasteiger partial charge in [0.05, 0.1) is 11.5 Å². The highest BCUT2D eigenvalue weighted by atomic mass is 35.5. The minimum Gasteiger partial charge on any atom is -0.512 e. The van der Waals surface area contributed by atoms with E-state index in [2.05, 4.69) is 20.9 Å². The van der Waals surface area contributed by atoms with Gasteiger partial charge in [-0.25, -0.2) is 9.97 Å². The number of aliphatic hydroxyl groups excluding tert-OH is 1. The molecule has 1 aromatic carbocycles. The van der Waals surface area contributed by atoms with Crippen LogP contribution in [0.5, 0.6) is 0 Å². The first kappa shape index (κ1) is 11.7. The summed E-state index contributed by atoms with van der Waals surface area (Å²) in [5, 5.41) is 10.4. The number of benzene rings is 1. The van der Waals surface area contributed by atoms with E-state index in [0.717, 1.165) is 40.8 Å². The van der Waals surface area contributed by atoms with Gasteiger partial charge < -0.3 is 10.0 Å². The smallest absolute Gasteiger partial charge is 0.140 e. The van der Waals surface area contributed by atoms with Crippen molar-refractivity contribution in [1.29, 1.82) is 0 Å². The van der Waals surface area contributed by atoms with Gasteiger partial charge >= 0.3 is 0 Å². The summed E-state index contributed by atoms with van der Waals surface area (Å²) in [6.07, 6.45) is 4.73. The molecule has 0 saturated heterocycles. The van der Waals surface area contributed by atoms with Crippen molar-refractivity contribution < 1.29 is 5.11 Å². The van der Waals surface area contributed by atoms with Gasteiger partial charge in [-0.15, -0.1) is 0 Å². The molecule has 4 nitrogen and oxygen atoms in total. The van der Waals surface area contributed by atoms with Crippen molar-refractivity contribution >= 4 is 29.2 Å². The van der Waals surface area contributed by atoms with E-state index in [1.54, 1.807) is 12.4 Å². The van der Waals surface area contributed by atoms with E-state index in [9.17, 15) is 5.11 Å². The van der Waals surface area contributed by atoms with Crippen molar-refractivity contribution in [3.8, 4) is 0 Å². The summed E-state index contributed by atoms with van der Waals surface area (Å²) >= 11 is 6.11. The van der Waals surface area contributed by atoms with Crippen molar-refractivity contribution in [2.45, 2.75) is 12.8 Å². The predicted octanol–water partition coefficient (Wildman–Crippen LogP) is 3.28. The average molecular weight is 286 g/mol. The lowest BCUT2D eigenvalue weighted by Gasteiger charge is -2.21. The summed E-state index contributed by atoms with van der Waals surface area (Å²) in [6.45, 7) is 0.875. The van der Waals surface area contributed by atoms with Crippen molar-refractivity contribution in [3.63, 3.8) is 0 Å². The van der Waals surface area contributed by atoms with Gasteiger partial charge in [0.2, 0.25) is 0 Å². The van der Waals surface area contributed by atoms with Crippen LogP contribution in [0.2, 0.25) is 5.02 Å². The quantitative estimate of drug-likeness (QED) is 0.873. The summed E-state index contributed by atoms with van der Waals surface area (Å²) in [5.41, 5.74) is 4.17. The van der Waals surface area contributed by atoms with Crippen LogP contribution >= 0.6 is 11.6 Å². The maximum atomic E-state index is 9.71. The molecule has 0 radical (unpaired) electrons. The number of aliphatic hydroxyl groups is 1. The van der Waals surface area contributed by atoms with E-state index in [4.69, 9.17) is 11.6 Å². The highest BCUT2D eigenvalue weighted by molar-refractivity contribution is 6.30. The Labute approximate surface area is 121 Å². The molecule has 20 heavy (non-hydrogen) atoms. The number of aromatic nitrogens is 2. The van der Waals surface area contributed by atoms with E-state index in [1.165, 1.54) is 5.56 Å². The Balaban J connectivity index is 1.83. The first-order chi connectivity index (χ1) is 9.72. The number of allylic oxidation sites excluding steroid dienone is 1. The monoisotopic (exact) mass is 285 g/mol. The standard InChI is InChI=1S/C15H12ClN3O/c16-10-2-1-9-3-4-19(14(9)5-10)15-12-6-11(20)7-13(12)17-8-18-15/h1-2,5,7-8,20H,3-4,6H2. The van der Waals surface area contributed by atoms with Crippen LogP contribution in [0, 0.1) is 0 Å². The second-order valence-corrected chi connectivity index (χ2v) is 5.48. The summed E-state index contributed by atoms with van der Waals surface area (Å²) in [5.74, 6) is 1.21. The lowest BCUT2D eigenvalue weighted by molar-refractivity contribution is 0.407. The molecular weight excluding hydrogens is 274 g/mol. The third-order valence-corrected chi connectivity index (χ3v) is 4.05. The molecule has 2 aromatic rings. The van der Waals surface area contributed by atoms with E-state index in [0.29, 0.717) is 12.2 Å². The summed E-state index contributed by atoms with van der Waals surface area (Å²) in [6, 6.07) is 5.96. The number of hydrogen-bond donors (Lipinski definition) is 1. The zero-order chi connectivity index (χ0) is 13.7. The molecule has 0 fully saturated rings. The fraction of sp³-hybridized carbons (Fsp3) is 0.200. The number of halogens is 1. The third-order valence-electron chi connectivity index (χ3n) is 3.82. The number of anilines is 2. The maximum Gasteiger partial charge on any atom is 0.140 e. The molecule has 1 aliphatic carbocycles. The second kappa shape index (κ2) is 4.21. The Bertz CT molecular complexity index is 742. The number of hydrogen-bond acceptors (Lipinski definition) is 4. The maximum absolute atomic E-state index is 9.71. The van der Waals surface area contributed by atoms with Crippen LogP contribution in [0.3, 0.4) is 0 Å². The van der Waals surface area contributed by atoms with Gasteiger partial charge in [-0.05, 0) is 24.1 Å². The molecule has 4 rings (SSSR count). The number of nitrogens with zero attached hydrogens (tertiary/aromatic N) is 3. The van der Waals surface area contributed by atoms with Crippen LogP contribution in [-0.4, -0.2) is 21.6 Å². The summed E-state index contributed by atoms with van der Waals surface area (Å²) in [4.78, 5) is 10.8. The summed E-state index contributed by atoms with van der Waals surface area (Å²) in [7, 11) is 0. The van der Waals surface area contributed by atoms with Gasteiger partial charge in [0.15, 0.2) is 0 Å². The molecule has 5 heteroatoms. The van der Waals surface area contributed by atoms with E-state index in [-0.39, 0.29) is 0 Å². The molecule has 0 bridgehead atoms. The molecule has 0 unspecified atom stereocenters. The molecular formula is C15H12ClN3O. The molecule has 1 aromatic heterocycles. The van der Waals surface area contributed by atoms with Crippen molar-refractivity contribution in [3.05, 3.63) is 52.1 Å². The van der Waals surface area contributed by atoms with Crippen molar-refractivity contribution in [1.82, 2.24) is 9.97 Å². The molecule has 100 valence electrons. The van der Waals surface area contributed by atoms with Crippen LogP contribution in [-0.2, 0) is 12.8 Å². The largest absolute Gasteiger partial charge is 0.512 e. The van der Waals surface area contributed by atoms with Gasteiger partial charge in [0.25, 0.3) is 0 Å². The molecule has 0 atom stereocenters. The van der Waals surface area contributed by atoms with Gasteiger partial charge in [0.1, 0.15) is 12.1 Å². The van der Waals surface area contributed by atoms with Gasteiger partial charge in [-0.3, -0.25) is 0 Å².